The van der Waals surface area contributed by atoms with Crippen LogP contribution in [0.3, 0.4) is 0 Å². The van der Waals surface area contributed by atoms with E-state index in [1.807, 2.05) is 12.1 Å². The summed E-state index contributed by atoms with van der Waals surface area (Å²) in [5.74, 6) is 7.02. The van der Waals surface area contributed by atoms with Gasteiger partial charge >= 0.3 is 0 Å². The second kappa shape index (κ2) is 5.89. The van der Waals surface area contributed by atoms with Gasteiger partial charge in [0.15, 0.2) is 0 Å². The molecule has 3 N–H and O–H groups in total. The Bertz CT molecular complexity index is 410. The van der Waals surface area contributed by atoms with Crippen molar-refractivity contribution in [3.63, 3.8) is 0 Å². The summed E-state index contributed by atoms with van der Waals surface area (Å²) in [5.41, 5.74) is 3.77. The first-order valence-corrected chi connectivity index (χ1v) is 6.41. The second-order valence-corrected chi connectivity index (χ2v) is 5.00. The molecule has 0 heterocycles. The number of ether oxygens (including phenoxy) is 2. The second-order valence-electron chi connectivity index (χ2n) is 4.57. The fraction of sp³-hybridized carbons (Fsp3) is 0.538. The zero-order valence-corrected chi connectivity index (χ0v) is 11.4. The van der Waals surface area contributed by atoms with E-state index < -0.39 is 0 Å². The van der Waals surface area contributed by atoms with E-state index >= 15 is 0 Å². The third kappa shape index (κ3) is 2.78. The van der Waals surface area contributed by atoms with Gasteiger partial charge in [0.05, 0.1) is 19.3 Å². The maximum atomic E-state index is 6.05. The number of hydrazine groups is 1. The fourth-order valence-corrected chi connectivity index (χ4v) is 2.52. The first-order chi connectivity index (χ1) is 8.71. The molecule has 0 amide bonds. The summed E-state index contributed by atoms with van der Waals surface area (Å²) in [4.78, 5) is 0. The van der Waals surface area contributed by atoms with Crippen molar-refractivity contribution in [2.45, 2.75) is 25.0 Å². The monoisotopic (exact) mass is 270 g/mol. The number of nitrogens with two attached hydrogens (primary N) is 1. The van der Waals surface area contributed by atoms with Crippen LogP contribution in [0.15, 0.2) is 18.2 Å². The number of rotatable bonds is 6. The van der Waals surface area contributed by atoms with Gasteiger partial charge in [0.2, 0.25) is 0 Å². The minimum atomic E-state index is -0.115. The molecule has 0 aliphatic heterocycles. The average Bonchev–Trinajstić information content (AvgIpc) is 3.20. The molecule has 2 unspecified atom stereocenters. The van der Waals surface area contributed by atoms with Crippen LogP contribution in [0.5, 0.6) is 5.75 Å². The maximum absolute atomic E-state index is 6.05. The van der Waals surface area contributed by atoms with Crippen molar-refractivity contribution in [1.82, 2.24) is 5.43 Å². The van der Waals surface area contributed by atoms with Gasteiger partial charge in [-0.1, -0.05) is 11.6 Å². The van der Waals surface area contributed by atoms with Crippen LogP contribution in [0.4, 0.5) is 0 Å². The SMILES string of the molecule is COc1ccc(Cl)cc1C(NN)C(OC)C1CC1. The zero-order valence-electron chi connectivity index (χ0n) is 10.7. The van der Waals surface area contributed by atoms with E-state index in [2.05, 4.69) is 5.43 Å². The molecule has 1 aromatic rings. The number of methoxy groups -OCH3 is 2. The molecular weight excluding hydrogens is 252 g/mol. The lowest BCUT2D eigenvalue weighted by molar-refractivity contribution is 0.0499. The molecule has 1 aliphatic rings. The van der Waals surface area contributed by atoms with Crippen LogP contribution in [0, 0.1) is 5.92 Å². The first kappa shape index (κ1) is 13.6. The van der Waals surface area contributed by atoms with Gasteiger partial charge in [-0.15, -0.1) is 0 Å². The van der Waals surface area contributed by atoms with Gasteiger partial charge in [-0.3, -0.25) is 11.3 Å². The highest BCUT2D eigenvalue weighted by molar-refractivity contribution is 6.30. The van der Waals surface area contributed by atoms with E-state index in [0.717, 1.165) is 11.3 Å². The van der Waals surface area contributed by atoms with Crippen molar-refractivity contribution in [2.24, 2.45) is 11.8 Å². The predicted molar refractivity (Wildman–Crippen MR) is 71.6 cm³/mol. The number of hydrogen-bond acceptors (Lipinski definition) is 4. The van der Waals surface area contributed by atoms with Crippen LogP contribution < -0.4 is 16.0 Å². The Morgan fingerprint density at radius 1 is 1.39 bits per heavy atom. The first-order valence-electron chi connectivity index (χ1n) is 6.03. The molecule has 1 aliphatic carbocycles. The summed E-state index contributed by atoms with van der Waals surface area (Å²) in [7, 11) is 3.35. The number of halogens is 1. The van der Waals surface area contributed by atoms with E-state index in [1.165, 1.54) is 12.8 Å². The average molecular weight is 271 g/mol. The molecule has 1 aromatic carbocycles. The summed E-state index contributed by atoms with van der Waals surface area (Å²) in [6, 6.07) is 5.41. The Hall–Kier alpha value is -0.810. The topological polar surface area (TPSA) is 56.5 Å². The maximum Gasteiger partial charge on any atom is 0.123 e. The van der Waals surface area contributed by atoms with Gasteiger partial charge < -0.3 is 9.47 Å². The van der Waals surface area contributed by atoms with Gasteiger partial charge in [0, 0.05) is 17.7 Å². The van der Waals surface area contributed by atoms with Crippen LogP contribution >= 0.6 is 11.6 Å². The molecule has 4 nitrogen and oxygen atoms in total. The van der Waals surface area contributed by atoms with E-state index in [-0.39, 0.29) is 12.1 Å². The molecule has 2 atom stereocenters. The van der Waals surface area contributed by atoms with Gasteiger partial charge in [-0.05, 0) is 37.0 Å². The normalized spacial score (nSPS) is 18.4. The summed E-state index contributed by atoms with van der Waals surface area (Å²) in [6.07, 6.45) is 2.40. The van der Waals surface area contributed by atoms with E-state index in [1.54, 1.807) is 20.3 Å². The van der Waals surface area contributed by atoms with Gasteiger partial charge in [-0.2, -0.15) is 0 Å². The molecule has 1 fully saturated rings. The predicted octanol–water partition coefficient (Wildman–Crippen LogP) is 2.28. The lowest BCUT2D eigenvalue weighted by Crippen LogP contribution is -2.39. The molecule has 100 valence electrons. The minimum absolute atomic E-state index is 0.0439. The summed E-state index contributed by atoms with van der Waals surface area (Å²) < 4.78 is 10.9. The van der Waals surface area contributed by atoms with Crippen LogP contribution in [-0.4, -0.2) is 20.3 Å². The molecule has 0 bridgehead atoms. The van der Waals surface area contributed by atoms with Crippen LogP contribution in [0.2, 0.25) is 5.02 Å². The molecular formula is C13H19ClN2O2. The van der Waals surface area contributed by atoms with Crippen molar-refractivity contribution in [3.8, 4) is 5.75 Å². The van der Waals surface area contributed by atoms with Crippen molar-refractivity contribution < 1.29 is 9.47 Å². The van der Waals surface area contributed by atoms with Crippen LogP contribution in [0.25, 0.3) is 0 Å². The molecule has 0 aromatic heterocycles. The third-order valence-electron chi connectivity index (χ3n) is 3.39. The number of benzene rings is 1. The van der Waals surface area contributed by atoms with Crippen molar-refractivity contribution >= 4 is 11.6 Å². The fourth-order valence-electron chi connectivity index (χ4n) is 2.34. The van der Waals surface area contributed by atoms with Crippen LogP contribution in [-0.2, 0) is 4.74 Å². The summed E-state index contributed by atoms with van der Waals surface area (Å²) in [5, 5.41) is 0.664. The van der Waals surface area contributed by atoms with E-state index in [4.69, 9.17) is 26.9 Å². The van der Waals surface area contributed by atoms with Gasteiger partial charge in [-0.25, -0.2) is 0 Å². The molecule has 0 saturated heterocycles. The molecule has 18 heavy (non-hydrogen) atoms. The summed E-state index contributed by atoms with van der Waals surface area (Å²) in [6.45, 7) is 0. The molecule has 5 heteroatoms. The minimum Gasteiger partial charge on any atom is -0.496 e. The van der Waals surface area contributed by atoms with E-state index in [0.29, 0.717) is 10.9 Å². The lowest BCUT2D eigenvalue weighted by Gasteiger charge is -2.27. The highest BCUT2D eigenvalue weighted by Crippen LogP contribution is 2.41. The number of nitrogens with one attached hydrogen (secondary N) is 1. The van der Waals surface area contributed by atoms with E-state index in [9.17, 15) is 0 Å². The Morgan fingerprint density at radius 2 is 2.11 bits per heavy atom. The van der Waals surface area contributed by atoms with Crippen molar-refractivity contribution in [3.05, 3.63) is 28.8 Å². The van der Waals surface area contributed by atoms with Gasteiger partial charge in [0.1, 0.15) is 5.75 Å². The van der Waals surface area contributed by atoms with Crippen molar-refractivity contribution in [2.75, 3.05) is 14.2 Å². The third-order valence-corrected chi connectivity index (χ3v) is 3.63. The smallest absolute Gasteiger partial charge is 0.123 e. The molecule has 2 rings (SSSR count). The van der Waals surface area contributed by atoms with Gasteiger partial charge in [0.25, 0.3) is 0 Å². The molecule has 0 radical (unpaired) electrons. The Kier molecular flexibility index (Phi) is 4.45. The molecule has 1 saturated carbocycles. The Balaban J connectivity index is 2.33. The standard InChI is InChI=1S/C13H19ClN2O2/c1-17-11-6-5-9(14)7-10(11)12(16-15)13(18-2)8-3-4-8/h5-8,12-13,16H,3-4,15H2,1-2H3. The highest BCUT2D eigenvalue weighted by atomic mass is 35.5. The van der Waals surface area contributed by atoms with Crippen LogP contribution in [0.1, 0.15) is 24.4 Å². The summed E-state index contributed by atoms with van der Waals surface area (Å²) >= 11 is 6.05. The zero-order chi connectivity index (χ0) is 13.1. The Morgan fingerprint density at radius 3 is 2.61 bits per heavy atom. The van der Waals surface area contributed by atoms with Crippen molar-refractivity contribution in [1.29, 1.82) is 0 Å². The Labute approximate surface area is 112 Å². The lowest BCUT2D eigenvalue weighted by atomic mass is 9.97. The highest BCUT2D eigenvalue weighted by Gasteiger charge is 2.38. The molecule has 0 spiro atoms. The quantitative estimate of drug-likeness (QED) is 0.615. The number of hydrogen-bond donors (Lipinski definition) is 2. The largest absolute Gasteiger partial charge is 0.496 e.